The van der Waals surface area contributed by atoms with E-state index >= 15 is 0 Å². The zero-order valence-corrected chi connectivity index (χ0v) is 14.1. The predicted molar refractivity (Wildman–Crippen MR) is 93.2 cm³/mol. The molecule has 6 heteroatoms. The van der Waals surface area contributed by atoms with Crippen molar-refractivity contribution in [3.8, 4) is 0 Å². The van der Waals surface area contributed by atoms with Gasteiger partial charge in [-0.2, -0.15) is 5.10 Å². The van der Waals surface area contributed by atoms with Crippen LogP contribution in [0.3, 0.4) is 0 Å². The first kappa shape index (κ1) is 15.9. The third-order valence-electron chi connectivity index (χ3n) is 5.14. The van der Waals surface area contributed by atoms with Crippen LogP contribution in [0.1, 0.15) is 57.3 Å². The van der Waals surface area contributed by atoms with Crippen LogP contribution in [0.15, 0.2) is 30.3 Å². The first-order chi connectivity index (χ1) is 12.1. The molecule has 1 aromatic carbocycles. The highest BCUT2D eigenvalue weighted by atomic mass is 16.2. The van der Waals surface area contributed by atoms with Crippen LogP contribution in [0.5, 0.6) is 0 Å². The van der Waals surface area contributed by atoms with Gasteiger partial charge in [-0.05, 0) is 55.4 Å². The van der Waals surface area contributed by atoms with E-state index < -0.39 is 5.91 Å². The van der Waals surface area contributed by atoms with Crippen molar-refractivity contribution in [2.45, 2.75) is 31.6 Å². The number of nitrogens with two attached hydrogens (primary N) is 1. The summed E-state index contributed by atoms with van der Waals surface area (Å²) in [7, 11) is 0. The second-order valence-corrected chi connectivity index (χ2v) is 7.16. The van der Waals surface area contributed by atoms with Crippen molar-refractivity contribution < 1.29 is 9.59 Å². The Morgan fingerprint density at radius 1 is 1.24 bits per heavy atom. The summed E-state index contributed by atoms with van der Waals surface area (Å²) in [5.41, 5.74) is 8.58. The van der Waals surface area contributed by atoms with Crippen LogP contribution in [0.25, 0.3) is 0 Å². The monoisotopic (exact) mass is 338 g/mol. The largest absolute Gasteiger partial charge is 0.366 e. The van der Waals surface area contributed by atoms with E-state index in [2.05, 4.69) is 10.2 Å². The van der Waals surface area contributed by atoms with Gasteiger partial charge in [0.05, 0.1) is 0 Å². The molecule has 1 unspecified atom stereocenters. The fourth-order valence-electron chi connectivity index (χ4n) is 3.58. The van der Waals surface area contributed by atoms with Crippen molar-refractivity contribution in [3.05, 3.63) is 52.8 Å². The lowest BCUT2D eigenvalue weighted by Crippen LogP contribution is -2.29. The maximum Gasteiger partial charge on any atom is 0.274 e. The molecule has 0 spiro atoms. The van der Waals surface area contributed by atoms with Crippen LogP contribution >= 0.6 is 0 Å². The molecule has 1 aromatic heterocycles. The second kappa shape index (κ2) is 6.35. The van der Waals surface area contributed by atoms with Crippen molar-refractivity contribution in [2.75, 3.05) is 13.1 Å². The maximum absolute atomic E-state index is 12.6. The average molecular weight is 338 g/mol. The van der Waals surface area contributed by atoms with Gasteiger partial charge in [-0.1, -0.05) is 12.1 Å². The van der Waals surface area contributed by atoms with Crippen molar-refractivity contribution in [2.24, 2.45) is 11.7 Å². The molecule has 0 bridgehead atoms. The van der Waals surface area contributed by atoms with Crippen molar-refractivity contribution in [3.63, 3.8) is 0 Å². The molecular weight excluding hydrogens is 316 g/mol. The molecule has 25 heavy (non-hydrogen) atoms. The molecule has 1 atom stereocenters. The van der Waals surface area contributed by atoms with Gasteiger partial charge < -0.3 is 10.6 Å². The van der Waals surface area contributed by atoms with E-state index in [-0.39, 0.29) is 5.91 Å². The van der Waals surface area contributed by atoms with E-state index in [0.29, 0.717) is 23.1 Å². The minimum atomic E-state index is -0.407. The van der Waals surface area contributed by atoms with Crippen LogP contribution in [0.4, 0.5) is 0 Å². The summed E-state index contributed by atoms with van der Waals surface area (Å²) < 4.78 is 0. The number of H-pyrrole nitrogens is 1. The lowest BCUT2D eigenvalue weighted by atomic mass is 9.97. The minimum Gasteiger partial charge on any atom is -0.366 e. The summed E-state index contributed by atoms with van der Waals surface area (Å²) in [5.74, 6) is 0.568. The number of hydrogen-bond acceptors (Lipinski definition) is 3. The summed E-state index contributed by atoms with van der Waals surface area (Å²) in [6, 6.07) is 9.35. The summed E-state index contributed by atoms with van der Waals surface area (Å²) >= 11 is 0. The van der Waals surface area contributed by atoms with Crippen LogP contribution in [0.2, 0.25) is 0 Å². The van der Waals surface area contributed by atoms with Crippen molar-refractivity contribution >= 4 is 11.8 Å². The molecule has 4 rings (SSSR count). The number of carbonyl (C=O) groups is 2. The second-order valence-electron chi connectivity index (χ2n) is 7.16. The van der Waals surface area contributed by atoms with Crippen LogP contribution in [-0.2, 0) is 6.42 Å². The molecule has 1 aliphatic heterocycles. The highest BCUT2D eigenvalue weighted by Gasteiger charge is 2.30. The number of nitrogens with one attached hydrogen (secondary N) is 1. The quantitative estimate of drug-likeness (QED) is 0.874. The summed E-state index contributed by atoms with van der Waals surface area (Å²) in [4.78, 5) is 25.8. The topological polar surface area (TPSA) is 92.1 Å². The van der Waals surface area contributed by atoms with Gasteiger partial charge in [0.2, 0.25) is 5.91 Å². The number of amides is 2. The number of likely N-dealkylation sites (tertiary alicyclic amines) is 1. The Balaban J connectivity index is 1.38. The highest BCUT2D eigenvalue weighted by molar-refractivity contribution is 5.93. The van der Waals surface area contributed by atoms with Crippen LogP contribution in [0, 0.1) is 5.92 Å². The van der Waals surface area contributed by atoms with Gasteiger partial charge in [0, 0.05) is 30.3 Å². The van der Waals surface area contributed by atoms with E-state index in [1.807, 2.05) is 29.2 Å². The molecule has 2 aliphatic rings. The molecule has 2 aromatic rings. The maximum atomic E-state index is 12.6. The highest BCUT2D eigenvalue weighted by Crippen LogP contribution is 2.39. The van der Waals surface area contributed by atoms with Gasteiger partial charge in [0.25, 0.3) is 5.91 Å². The zero-order chi connectivity index (χ0) is 17.4. The fourth-order valence-corrected chi connectivity index (χ4v) is 3.58. The molecule has 2 heterocycles. The zero-order valence-electron chi connectivity index (χ0n) is 14.1. The standard InChI is InChI=1S/C19H22N4O2/c20-18(24)15-3-1-2-12(9-15)8-13-6-7-23(11-13)19(25)17-10-16(21-22-17)14-4-5-14/h1-3,9-10,13-14H,4-8,11H2,(H2,20,24)(H,21,22). The molecule has 3 N–H and O–H groups in total. The van der Waals surface area contributed by atoms with Crippen molar-refractivity contribution in [1.82, 2.24) is 15.1 Å². The number of benzene rings is 1. The predicted octanol–water partition coefficient (Wildman–Crippen LogP) is 2.09. The molecule has 1 aliphatic carbocycles. The lowest BCUT2D eigenvalue weighted by molar-refractivity contribution is 0.0781. The van der Waals surface area contributed by atoms with Gasteiger partial charge in [0.15, 0.2) is 0 Å². The third-order valence-corrected chi connectivity index (χ3v) is 5.14. The number of nitrogens with zero attached hydrogens (tertiary/aromatic N) is 2. The number of carbonyl (C=O) groups excluding carboxylic acids is 2. The van der Waals surface area contributed by atoms with Crippen LogP contribution in [-0.4, -0.2) is 40.0 Å². The Kier molecular flexibility index (Phi) is 4.03. The number of primary amides is 1. The Morgan fingerprint density at radius 2 is 2.08 bits per heavy atom. The smallest absolute Gasteiger partial charge is 0.274 e. The Bertz CT molecular complexity index is 809. The molecule has 6 nitrogen and oxygen atoms in total. The molecular formula is C19H22N4O2. The SMILES string of the molecule is NC(=O)c1cccc(CC2CCN(C(=O)c3cc(C4CC4)[nH]n3)C2)c1. The Hall–Kier alpha value is -2.63. The first-order valence-electron chi connectivity index (χ1n) is 8.83. The van der Waals surface area contributed by atoms with E-state index in [1.54, 1.807) is 6.07 Å². The average Bonchev–Trinajstić information content (AvgIpc) is 3.16. The molecule has 2 amide bonds. The number of rotatable bonds is 5. The van der Waals surface area contributed by atoms with Crippen LogP contribution < -0.4 is 5.73 Å². The molecule has 2 fully saturated rings. The number of aromatic amines is 1. The number of hydrogen-bond donors (Lipinski definition) is 2. The Labute approximate surface area is 146 Å². The van der Waals surface area contributed by atoms with Gasteiger partial charge >= 0.3 is 0 Å². The van der Waals surface area contributed by atoms with E-state index in [4.69, 9.17) is 5.73 Å². The molecule has 1 saturated carbocycles. The minimum absolute atomic E-state index is 0.0107. The fraction of sp³-hybridized carbons (Fsp3) is 0.421. The van der Waals surface area contributed by atoms with E-state index in [9.17, 15) is 9.59 Å². The molecule has 1 saturated heterocycles. The van der Waals surface area contributed by atoms with Gasteiger partial charge in [-0.3, -0.25) is 14.7 Å². The normalized spacial score (nSPS) is 20.0. The lowest BCUT2D eigenvalue weighted by Gasteiger charge is -2.15. The molecule has 0 radical (unpaired) electrons. The molecule has 130 valence electrons. The summed E-state index contributed by atoms with van der Waals surface area (Å²) in [6.07, 6.45) is 4.18. The van der Waals surface area contributed by atoms with Gasteiger partial charge in [-0.25, -0.2) is 0 Å². The van der Waals surface area contributed by atoms with Gasteiger partial charge in [-0.15, -0.1) is 0 Å². The van der Waals surface area contributed by atoms with E-state index in [0.717, 1.165) is 37.2 Å². The summed E-state index contributed by atoms with van der Waals surface area (Å²) in [6.45, 7) is 1.48. The summed E-state index contributed by atoms with van der Waals surface area (Å²) in [5, 5.41) is 7.19. The van der Waals surface area contributed by atoms with E-state index in [1.165, 1.54) is 12.8 Å². The number of aromatic nitrogens is 2. The van der Waals surface area contributed by atoms with Gasteiger partial charge in [0.1, 0.15) is 5.69 Å². The van der Waals surface area contributed by atoms with Crippen molar-refractivity contribution in [1.29, 1.82) is 0 Å². The third kappa shape index (κ3) is 3.43. The first-order valence-corrected chi connectivity index (χ1v) is 8.83. The Morgan fingerprint density at radius 3 is 2.84 bits per heavy atom.